The van der Waals surface area contributed by atoms with Gasteiger partial charge in [-0.2, -0.15) is 0 Å². The normalized spacial score (nSPS) is 22.4. The van der Waals surface area contributed by atoms with Gasteiger partial charge in [0.25, 0.3) is 0 Å². The first kappa shape index (κ1) is 12.4. The molecular weight excluding hydrogens is 226 g/mol. The van der Waals surface area contributed by atoms with Crippen LogP contribution in [0.1, 0.15) is 30.9 Å². The Bertz CT molecular complexity index is 361. The van der Waals surface area contributed by atoms with Crippen LogP contribution in [0.5, 0.6) is 0 Å². The van der Waals surface area contributed by atoms with Crippen molar-refractivity contribution in [2.75, 3.05) is 6.61 Å². The smallest absolute Gasteiger partial charge is 0.126 e. The second-order valence-electron chi connectivity index (χ2n) is 4.25. The molecule has 0 spiro atoms. The van der Waals surface area contributed by atoms with E-state index in [1.807, 2.05) is 0 Å². The zero-order chi connectivity index (χ0) is 12.3. The van der Waals surface area contributed by atoms with Crippen molar-refractivity contribution in [3.8, 4) is 0 Å². The minimum atomic E-state index is -0.601. The third kappa shape index (κ3) is 3.00. The fourth-order valence-corrected chi connectivity index (χ4v) is 2.20. The molecule has 1 heterocycles. The first-order valence-electron chi connectivity index (χ1n) is 5.74. The van der Waals surface area contributed by atoms with E-state index in [0.29, 0.717) is 12.2 Å². The average Bonchev–Trinajstić information content (AvgIpc) is 2.30. The Morgan fingerprint density at radius 3 is 2.47 bits per heavy atom. The van der Waals surface area contributed by atoms with E-state index in [9.17, 15) is 8.78 Å². The van der Waals surface area contributed by atoms with Crippen molar-refractivity contribution in [2.45, 2.75) is 31.4 Å². The molecule has 2 rings (SSSR count). The van der Waals surface area contributed by atoms with Gasteiger partial charge in [0.1, 0.15) is 11.6 Å². The third-order valence-corrected chi connectivity index (χ3v) is 3.01. The number of hydrogen-bond acceptors (Lipinski definition) is 3. The number of halogens is 2. The summed E-state index contributed by atoms with van der Waals surface area (Å²) < 4.78 is 31.9. The Balaban J connectivity index is 2.21. The van der Waals surface area contributed by atoms with Crippen molar-refractivity contribution in [1.29, 1.82) is 0 Å². The van der Waals surface area contributed by atoms with Gasteiger partial charge in [0.15, 0.2) is 0 Å². The maximum Gasteiger partial charge on any atom is 0.126 e. The van der Waals surface area contributed by atoms with E-state index in [2.05, 4.69) is 5.43 Å². The lowest BCUT2D eigenvalue weighted by atomic mass is 9.96. The van der Waals surface area contributed by atoms with Crippen LogP contribution in [0.25, 0.3) is 0 Å². The SMILES string of the molecule is NNC(c1cc(F)cc(F)c1)C1CCCCO1. The number of hydrogen-bond donors (Lipinski definition) is 2. The largest absolute Gasteiger partial charge is 0.376 e. The maximum absolute atomic E-state index is 13.1. The lowest BCUT2D eigenvalue weighted by molar-refractivity contribution is -0.00831. The lowest BCUT2D eigenvalue weighted by Gasteiger charge is -2.30. The Hall–Kier alpha value is -1.04. The fraction of sp³-hybridized carbons (Fsp3) is 0.500. The zero-order valence-corrected chi connectivity index (χ0v) is 9.46. The molecule has 2 atom stereocenters. The van der Waals surface area contributed by atoms with Crippen LogP contribution in [-0.2, 0) is 4.74 Å². The number of rotatable bonds is 3. The summed E-state index contributed by atoms with van der Waals surface area (Å²) in [6, 6.07) is 3.04. The van der Waals surface area contributed by atoms with Gasteiger partial charge in [-0.3, -0.25) is 11.3 Å². The van der Waals surface area contributed by atoms with E-state index in [1.165, 1.54) is 12.1 Å². The summed E-state index contributed by atoms with van der Waals surface area (Å²) in [7, 11) is 0. The van der Waals surface area contributed by atoms with Crippen LogP contribution in [-0.4, -0.2) is 12.7 Å². The van der Waals surface area contributed by atoms with Gasteiger partial charge in [-0.05, 0) is 37.0 Å². The van der Waals surface area contributed by atoms with Crippen LogP contribution in [0, 0.1) is 11.6 Å². The van der Waals surface area contributed by atoms with Gasteiger partial charge in [-0.25, -0.2) is 8.78 Å². The van der Waals surface area contributed by atoms with Crippen LogP contribution in [0.4, 0.5) is 8.78 Å². The predicted molar refractivity (Wildman–Crippen MR) is 60.0 cm³/mol. The summed E-state index contributed by atoms with van der Waals surface area (Å²) in [4.78, 5) is 0. The van der Waals surface area contributed by atoms with E-state index in [4.69, 9.17) is 10.6 Å². The van der Waals surface area contributed by atoms with Crippen LogP contribution < -0.4 is 11.3 Å². The topological polar surface area (TPSA) is 47.3 Å². The molecule has 5 heteroatoms. The highest BCUT2D eigenvalue weighted by atomic mass is 19.1. The number of nitrogens with two attached hydrogens (primary N) is 1. The number of nitrogens with one attached hydrogen (secondary N) is 1. The quantitative estimate of drug-likeness (QED) is 0.630. The molecule has 0 radical (unpaired) electrons. The molecule has 1 aliphatic rings. The second kappa shape index (κ2) is 5.53. The molecule has 3 nitrogen and oxygen atoms in total. The molecule has 1 saturated heterocycles. The van der Waals surface area contributed by atoms with Gasteiger partial charge in [-0.15, -0.1) is 0 Å². The summed E-state index contributed by atoms with van der Waals surface area (Å²) >= 11 is 0. The minimum absolute atomic E-state index is 0.130. The molecule has 0 aromatic heterocycles. The summed E-state index contributed by atoms with van der Waals surface area (Å²) in [5, 5.41) is 0. The van der Waals surface area contributed by atoms with Gasteiger partial charge in [-0.1, -0.05) is 0 Å². The van der Waals surface area contributed by atoms with E-state index in [-0.39, 0.29) is 12.1 Å². The van der Waals surface area contributed by atoms with E-state index in [0.717, 1.165) is 25.3 Å². The number of hydrazine groups is 1. The maximum atomic E-state index is 13.1. The van der Waals surface area contributed by atoms with Crippen molar-refractivity contribution >= 4 is 0 Å². The molecule has 94 valence electrons. The highest BCUT2D eigenvalue weighted by Gasteiger charge is 2.25. The van der Waals surface area contributed by atoms with Crippen molar-refractivity contribution in [3.63, 3.8) is 0 Å². The fourth-order valence-electron chi connectivity index (χ4n) is 2.20. The van der Waals surface area contributed by atoms with E-state index >= 15 is 0 Å². The molecule has 1 aromatic rings. The van der Waals surface area contributed by atoms with Crippen molar-refractivity contribution in [1.82, 2.24) is 5.43 Å². The molecule has 0 amide bonds. The van der Waals surface area contributed by atoms with Crippen molar-refractivity contribution < 1.29 is 13.5 Å². The second-order valence-corrected chi connectivity index (χ2v) is 4.25. The molecule has 17 heavy (non-hydrogen) atoms. The van der Waals surface area contributed by atoms with Gasteiger partial charge in [0.05, 0.1) is 12.1 Å². The monoisotopic (exact) mass is 242 g/mol. The minimum Gasteiger partial charge on any atom is -0.376 e. The molecule has 0 aliphatic carbocycles. The van der Waals surface area contributed by atoms with E-state index in [1.54, 1.807) is 0 Å². The van der Waals surface area contributed by atoms with Crippen LogP contribution in [0.15, 0.2) is 18.2 Å². The first-order chi connectivity index (χ1) is 8.20. The Morgan fingerprint density at radius 1 is 1.24 bits per heavy atom. The Morgan fingerprint density at radius 2 is 1.94 bits per heavy atom. The van der Waals surface area contributed by atoms with Crippen molar-refractivity contribution in [2.24, 2.45) is 5.84 Å². The van der Waals surface area contributed by atoms with Gasteiger partial charge >= 0.3 is 0 Å². The van der Waals surface area contributed by atoms with Crippen molar-refractivity contribution in [3.05, 3.63) is 35.4 Å². The van der Waals surface area contributed by atoms with Crippen LogP contribution in [0.3, 0.4) is 0 Å². The summed E-state index contributed by atoms with van der Waals surface area (Å²) in [5.41, 5.74) is 3.07. The molecular formula is C12H16F2N2O. The Labute approximate surface area is 98.9 Å². The molecule has 2 unspecified atom stereocenters. The summed E-state index contributed by atoms with van der Waals surface area (Å²) in [6.07, 6.45) is 2.77. The predicted octanol–water partition coefficient (Wildman–Crippen LogP) is 2.04. The molecule has 1 fully saturated rings. The van der Waals surface area contributed by atoms with Crippen LogP contribution >= 0.6 is 0 Å². The van der Waals surface area contributed by atoms with Crippen LogP contribution in [0.2, 0.25) is 0 Å². The van der Waals surface area contributed by atoms with Gasteiger partial charge in [0, 0.05) is 12.7 Å². The molecule has 1 aliphatic heterocycles. The molecule has 0 bridgehead atoms. The molecule has 3 N–H and O–H groups in total. The molecule has 0 saturated carbocycles. The highest BCUT2D eigenvalue weighted by molar-refractivity contribution is 5.22. The lowest BCUT2D eigenvalue weighted by Crippen LogP contribution is -2.39. The molecule has 1 aromatic carbocycles. The average molecular weight is 242 g/mol. The highest BCUT2D eigenvalue weighted by Crippen LogP contribution is 2.26. The summed E-state index contributed by atoms with van der Waals surface area (Å²) in [5.74, 6) is 4.26. The standard InChI is InChI=1S/C12H16F2N2O/c13-9-5-8(6-10(14)7-9)12(16-15)11-3-1-2-4-17-11/h5-7,11-12,16H,1-4,15H2. The number of ether oxygens (including phenoxy) is 1. The van der Waals surface area contributed by atoms with Gasteiger partial charge in [0.2, 0.25) is 0 Å². The summed E-state index contributed by atoms with van der Waals surface area (Å²) in [6.45, 7) is 0.667. The Kier molecular flexibility index (Phi) is 4.04. The number of benzene rings is 1. The zero-order valence-electron chi connectivity index (χ0n) is 9.46. The van der Waals surface area contributed by atoms with Gasteiger partial charge < -0.3 is 4.74 Å². The first-order valence-corrected chi connectivity index (χ1v) is 5.74. The third-order valence-electron chi connectivity index (χ3n) is 3.01. The van der Waals surface area contributed by atoms with E-state index < -0.39 is 11.6 Å².